The summed E-state index contributed by atoms with van der Waals surface area (Å²) in [5, 5.41) is 4.06. The molecule has 0 fully saturated rings. The van der Waals surface area contributed by atoms with E-state index in [4.69, 9.17) is 10.6 Å². The van der Waals surface area contributed by atoms with E-state index < -0.39 is 11.8 Å². The average molecular weight is 246 g/mol. The van der Waals surface area contributed by atoms with Gasteiger partial charge < -0.3 is 10.6 Å². The number of carbonyl (C=O) groups is 1. The number of nitrogens with zero attached hydrogens (tertiary/aromatic N) is 1. The van der Waals surface area contributed by atoms with Gasteiger partial charge in [0.15, 0.2) is 0 Å². The molecule has 0 unspecified atom stereocenters. The standard InChI is InChI=1S/C14H18N2O2/c1-7-5-8(2)11(9(3)6-7)13-12(14(15)17)10(4)18-16-13/h5-6,10,12H,1-4H3,(H2,15,17)/t10-,12-/m0/s1. The van der Waals surface area contributed by atoms with Crippen LogP contribution in [0.1, 0.15) is 29.2 Å². The Morgan fingerprint density at radius 3 is 2.33 bits per heavy atom. The summed E-state index contributed by atoms with van der Waals surface area (Å²) in [6, 6.07) is 4.15. The van der Waals surface area contributed by atoms with Gasteiger partial charge in [0.25, 0.3) is 0 Å². The molecule has 4 heteroatoms. The zero-order valence-electron chi connectivity index (χ0n) is 11.2. The van der Waals surface area contributed by atoms with E-state index in [1.54, 1.807) is 0 Å². The molecule has 96 valence electrons. The monoisotopic (exact) mass is 246 g/mol. The molecule has 2 rings (SSSR count). The van der Waals surface area contributed by atoms with Crippen molar-refractivity contribution in [1.82, 2.24) is 0 Å². The second kappa shape index (κ2) is 4.44. The van der Waals surface area contributed by atoms with E-state index >= 15 is 0 Å². The molecule has 0 radical (unpaired) electrons. The highest BCUT2D eigenvalue weighted by atomic mass is 16.6. The van der Waals surface area contributed by atoms with Crippen molar-refractivity contribution in [3.63, 3.8) is 0 Å². The quantitative estimate of drug-likeness (QED) is 0.865. The fraction of sp³-hybridized carbons (Fsp3) is 0.429. The van der Waals surface area contributed by atoms with Crippen LogP contribution in [0.15, 0.2) is 17.3 Å². The minimum absolute atomic E-state index is 0.294. The molecule has 2 atom stereocenters. The molecule has 0 spiro atoms. The van der Waals surface area contributed by atoms with Crippen LogP contribution in [-0.4, -0.2) is 17.7 Å². The maximum atomic E-state index is 11.5. The molecule has 1 amide bonds. The van der Waals surface area contributed by atoms with E-state index in [0.717, 1.165) is 16.7 Å². The molecule has 0 bridgehead atoms. The summed E-state index contributed by atoms with van der Waals surface area (Å²) < 4.78 is 0. The second-order valence-electron chi connectivity index (χ2n) is 4.94. The Hall–Kier alpha value is -1.84. The van der Waals surface area contributed by atoms with Gasteiger partial charge in [-0.05, 0) is 38.8 Å². The Morgan fingerprint density at radius 1 is 1.28 bits per heavy atom. The van der Waals surface area contributed by atoms with Crippen LogP contribution < -0.4 is 5.73 Å². The highest BCUT2D eigenvalue weighted by Crippen LogP contribution is 2.27. The first-order chi connectivity index (χ1) is 8.41. The van der Waals surface area contributed by atoms with Crippen molar-refractivity contribution in [1.29, 1.82) is 0 Å². The maximum Gasteiger partial charge on any atom is 0.230 e. The van der Waals surface area contributed by atoms with Crippen molar-refractivity contribution in [3.8, 4) is 0 Å². The number of carbonyl (C=O) groups excluding carboxylic acids is 1. The molecule has 1 aliphatic heterocycles. The van der Waals surface area contributed by atoms with Gasteiger partial charge in [-0.3, -0.25) is 4.79 Å². The van der Waals surface area contributed by atoms with Crippen molar-refractivity contribution in [2.45, 2.75) is 33.8 Å². The topological polar surface area (TPSA) is 64.7 Å². The molecule has 2 N–H and O–H groups in total. The molecule has 0 aliphatic carbocycles. The lowest BCUT2D eigenvalue weighted by Crippen LogP contribution is -2.35. The Bertz CT molecular complexity index is 512. The van der Waals surface area contributed by atoms with Crippen molar-refractivity contribution < 1.29 is 9.63 Å². The van der Waals surface area contributed by atoms with Gasteiger partial charge in [0, 0.05) is 5.56 Å². The lowest BCUT2D eigenvalue weighted by atomic mass is 9.87. The second-order valence-corrected chi connectivity index (χ2v) is 4.94. The zero-order valence-corrected chi connectivity index (χ0v) is 11.2. The molecule has 1 heterocycles. The summed E-state index contributed by atoms with van der Waals surface area (Å²) in [5.41, 5.74) is 10.5. The number of aryl methyl sites for hydroxylation is 3. The predicted molar refractivity (Wildman–Crippen MR) is 70.4 cm³/mol. The van der Waals surface area contributed by atoms with Crippen LogP contribution in [0.25, 0.3) is 0 Å². The number of primary amides is 1. The van der Waals surface area contributed by atoms with E-state index in [9.17, 15) is 4.79 Å². The molecular weight excluding hydrogens is 228 g/mol. The fourth-order valence-electron chi connectivity index (χ4n) is 2.63. The first-order valence-electron chi connectivity index (χ1n) is 6.03. The van der Waals surface area contributed by atoms with Crippen LogP contribution in [0.3, 0.4) is 0 Å². The van der Waals surface area contributed by atoms with E-state index in [1.165, 1.54) is 5.56 Å². The van der Waals surface area contributed by atoms with Crippen LogP contribution in [0, 0.1) is 26.7 Å². The van der Waals surface area contributed by atoms with E-state index in [1.807, 2.05) is 27.7 Å². The third-order valence-corrected chi connectivity index (χ3v) is 3.32. The molecular formula is C14H18N2O2. The molecule has 18 heavy (non-hydrogen) atoms. The maximum absolute atomic E-state index is 11.5. The number of nitrogens with two attached hydrogens (primary N) is 1. The molecule has 1 aromatic carbocycles. The number of amides is 1. The first kappa shape index (κ1) is 12.6. The SMILES string of the molecule is Cc1cc(C)c(C2=NO[C@@H](C)[C@@H]2C(N)=O)c(C)c1. The smallest absolute Gasteiger partial charge is 0.230 e. The Balaban J connectivity index is 2.53. The highest BCUT2D eigenvalue weighted by Gasteiger charge is 2.37. The minimum atomic E-state index is -0.467. The van der Waals surface area contributed by atoms with E-state index in [-0.39, 0.29) is 6.10 Å². The van der Waals surface area contributed by atoms with Gasteiger partial charge in [-0.1, -0.05) is 22.9 Å². The van der Waals surface area contributed by atoms with Gasteiger partial charge in [0.05, 0.1) is 0 Å². The number of benzene rings is 1. The highest BCUT2D eigenvalue weighted by molar-refractivity contribution is 6.15. The van der Waals surface area contributed by atoms with Crippen molar-refractivity contribution >= 4 is 11.6 Å². The number of hydrogen-bond donors (Lipinski definition) is 1. The van der Waals surface area contributed by atoms with Gasteiger partial charge in [-0.25, -0.2) is 0 Å². The van der Waals surface area contributed by atoms with Crippen LogP contribution >= 0.6 is 0 Å². The summed E-state index contributed by atoms with van der Waals surface area (Å²) in [7, 11) is 0. The van der Waals surface area contributed by atoms with Gasteiger partial charge in [0.1, 0.15) is 17.7 Å². The Kier molecular flexibility index (Phi) is 3.11. The lowest BCUT2D eigenvalue weighted by molar-refractivity contribution is -0.122. The van der Waals surface area contributed by atoms with Crippen molar-refractivity contribution in [3.05, 3.63) is 34.4 Å². The first-order valence-corrected chi connectivity index (χ1v) is 6.03. The van der Waals surface area contributed by atoms with E-state index in [0.29, 0.717) is 5.71 Å². The van der Waals surface area contributed by atoms with Gasteiger partial charge >= 0.3 is 0 Å². The summed E-state index contributed by atoms with van der Waals surface area (Å²) in [6.45, 7) is 7.88. The normalized spacial score (nSPS) is 22.6. The Labute approximate surface area is 107 Å². The largest absolute Gasteiger partial charge is 0.391 e. The third kappa shape index (κ3) is 1.98. The average Bonchev–Trinajstić information content (AvgIpc) is 2.58. The Morgan fingerprint density at radius 2 is 1.83 bits per heavy atom. The summed E-state index contributed by atoms with van der Waals surface area (Å²) in [5.74, 6) is -0.858. The van der Waals surface area contributed by atoms with Gasteiger partial charge in [0.2, 0.25) is 5.91 Å². The summed E-state index contributed by atoms with van der Waals surface area (Å²) in [6.07, 6.45) is -0.294. The van der Waals surface area contributed by atoms with Crippen LogP contribution in [0.5, 0.6) is 0 Å². The number of rotatable bonds is 2. The van der Waals surface area contributed by atoms with Gasteiger partial charge in [-0.2, -0.15) is 0 Å². The molecule has 0 saturated heterocycles. The van der Waals surface area contributed by atoms with E-state index in [2.05, 4.69) is 17.3 Å². The zero-order chi connectivity index (χ0) is 13.4. The molecule has 0 aromatic heterocycles. The summed E-state index contributed by atoms with van der Waals surface area (Å²) in [4.78, 5) is 16.8. The number of hydrogen-bond acceptors (Lipinski definition) is 3. The van der Waals surface area contributed by atoms with Crippen LogP contribution in [-0.2, 0) is 9.63 Å². The molecule has 1 aromatic rings. The van der Waals surface area contributed by atoms with Crippen LogP contribution in [0.4, 0.5) is 0 Å². The third-order valence-electron chi connectivity index (χ3n) is 3.32. The minimum Gasteiger partial charge on any atom is -0.391 e. The lowest BCUT2D eigenvalue weighted by Gasteiger charge is -2.15. The molecule has 1 aliphatic rings. The fourth-order valence-corrected chi connectivity index (χ4v) is 2.63. The summed E-state index contributed by atoms with van der Waals surface area (Å²) >= 11 is 0. The van der Waals surface area contributed by atoms with Crippen molar-refractivity contribution in [2.75, 3.05) is 0 Å². The van der Waals surface area contributed by atoms with Crippen molar-refractivity contribution in [2.24, 2.45) is 16.8 Å². The van der Waals surface area contributed by atoms with Crippen LogP contribution in [0.2, 0.25) is 0 Å². The molecule has 0 saturated carbocycles. The van der Waals surface area contributed by atoms with Gasteiger partial charge in [-0.15, -0.1) is 0 Å². The number of oxime groups is 1. The predicted octanol–water partition coefficient (Wildman–Crippen LogP) is 1.84. The molecule has 4 nitrogen and oxygen atoms in total.